The number of morpholine rings is 1. The minimum absolute atomic E-state index is 0. The lowest BCUT2D eigenvalue weighted by Crippen LogP contribution is -2.53. The normalized spacial score (nSPS) is 16.4. The molecule has 1 aliphatic heterocycles. The Hall–Kier alpha value is -0.650. The maximum atomic E-state index is 11.9. The highest BCUT2D eigenvalue weighted by Crippen LogP contribution is 2.19. The number of guanidine groups is 1. The number of hydrogen-bond acceptors (Lipinski definition) is 5. The summed E-state index contributed by atoms with van der Waals surface area (Å²) in [7, 11) is 1.61. The van der Waals surface area contributed by atoms with E-state index in [1.54, 1.807) is 7.11 Å². The first-order chi connectivity index (χ1) is 13.2. The van der Waals surface area contributed by atoms with E-state index in [0.29, 0.717) is 31.1 Å². The zero-order chi connectivity index (χ0) is 19.9. The molecule has 0 spiro atoms. The lowest BCUT2D eigenvalue weighted by Gasteiger charge is -2.39. The third-order valence-corrected chi connectivity index (χ3v) is 4.94. The number of amides is 1. The first kappa shape index (κ1) is 27.4. The smallest absolute Gasteiger partial charge is 0.241 e. The van der Waals surface area contributed by atoms with Crippen molar-refractivity contribution in [2.75, 3.05) is 66.2 Å². The van der Waals surface area contributed by atoms with Crippen molar-refractivity contribution < 1.29 is 14.3 Å². The monoisotopic (exact) mass is 513 g/mol. The van der Waals surface area contributed by atoms with Crippen molar-refractivity contribution in [3.8, 4) is 0 Å². The van der Waals surface area contributed by atoms with Gasteiger partial charge in [-0.05, 0) is 12.8 Å². The molecule has 0 aromatic heterocycles. The summed E-state index contributed by atoms with van der Waals surface area (Å²) in [5.41, 5.74) is 0. The fraction of sp³-hybridized carbons (Fsp3) is 0.895. The Bertz CT molecular complexity index is 430. The van der Waals surface area contributed by atoms with Crippen molar-refractivity contribution in [3.05, 3.63) is 0 Å². The van der Waals surface area contributed by atoms with E-state index in [-0.39, 0.29) is 36.4 Å². The molecule has 8 nitrogen and oxygen atoms in total. The molecule has 166 valence electrons. The van der Waals surface area contributed by atoms with Crippen LogP contribution in [0.1, 0.15) is 33.6 Å². The lowest BCUT2D eigenvalue weighted by molar-refractivity contribution is -0.119. The molecule has 1 fully saturated rings. The van der Waals surface area contributed by atoms with Gasteiger partial charge < -0.3 is 25.4 Å². The van der Waals surface area contributed by atoms with Gasteiger partial charge in [0.2, 0.25) is 5.91 Å². The fourth-order valence-corrected chi connectivity index (χ4v) is 3.38. The molecule has 1 amide bonds. The molecule has 28 heavy (non-hydrogen) atoms. The third-order valence-electron chi connectivity index (χ3n) is 4.94. The maximum absolute atomic E-state index is 11.9. The van der Waals surface area contributed by atoms with Gasteiger partial charge in [-0.1, -0.05) is 26.7 Å². The molecule has 1 rings (SSSR count). The minimum atomic E-state index is -0.103. The zero-order valence-corrected chi connectivity index (χ0v) is 20.3. The van der Waals surface area contributed by atoms with Crippen LogP contribution >= 0.6 is 24.0 Å². The van der Waals surface area contributed by atoms with Gasteiger partial charge in [0.15, 0.2) is 5.96 Å². The first-order valence-electron chi connectivity index (χ1n) is 10.3. The van der Waals surface area contributed by atoms with E-state index >= 15 is 0 Å². The Kier molecular flexibility index (Phi) is 16.8. The van der Waals surface area contributed by atoms with Gasteiger partial charge in [0.05, 0.1) is 19.8 Å². The maximum Gasteiger partial charge on any atom is 0.241 e. The van der Waals surface area contributed by atoms with Crippen molar-refractivity contribution in [2.45, 2.75) is 39.7 Å². The molecule has 1 heterocycles. The summed E-state index contributed by atoms with van der Waals surface area (Å²) < 4.78 is 10.4. The molecule has 1 unspecified atom stereocenters. The second-order valence-electron chi connectivity index (χ2n) is 6.71. The van der Waals surface area contributed by atoms with Gasteiger partial charge in [0.1, 0.15) is 6.54 Å². The van der Waals surface area contributed by atoms with Gasteiger partial charge >= 0.3 is 0 Å². The predicted molar refractivity (Wildman–Crippen MR) is 125 cm³/mol. The van der Waals surface area contributed by atoms with E-state index in [9.17, 15) is 4.79 Å². The number of nitrogens with zero attached hydrogens (tertiary/aromatic N) is 2. The summed E-state index contributed by atoms with van der Waals surface area (Å²) in [6.45, 7) is 12.7. The Morgan fingerprint density at radius 3 is 2.39 bits per heavy atom. The second kappa shape index (κ2) is 17.2. The van der Waals surface area contributed by atoms with E-state index in [1.807, 2.05) is 6.92 Å². The minimum Gasteiger partial charge on any atom is -0.383 e. The Labute approximate surface area is 187 Å². The van der Waals surface area contributed by atoms with Crippen LogP contribution in [0.25, 0.3) is 0 Å². The molecule has 0 bridgehead atoms. The number of ether oxygens (including phenoxy) is 2. The molecular weight excluding hydrogens is 473 g/mol. The van der Waals surface area contributed by atoms with Crippen LogP contribution in [-0.4, -0.2) is 89.0 Å². The quantitative estimate of drug-likeness (QED) is 0.157. The number of hydrogen-bond donors (Lipinski definition) is 3. The molecular formula is C19H40IN5O3. The van der Waals surface area contributed by atoms with Gasteiger partial charge in [-0.15, -0.1) is 24.0 Å². The van der Waals surface area contributed by atoms with Crippen molar-refractivity contribution in [1.29, 1.82) is 0 Å². The average Bonchev–Trinajstić information content (AvgIpc) is 2.70. The largest absolute Gasteiger partial charge is 0.383 e. The van der Waals surface area contributed by atoms with E-state index in [2.05, 4.69) is 39.7 Å². The van der Waals surface area contributed by atoms with Crippen molar-refractivity contribution in [3.63, 3.8) is 0 Å². The van der Waals surface area contributed by atoms with E-state index < -0.39 is 0 Å². The molecule has 1 aliphatic rings. The van der Waals surface area contributed by atoms with Crippen molar-refractivity contribution in [2.24, 2.45) is 10.9 Å². The molecule has 1 atom stereocenters. The van der Waals surface area contributed by atoms with Crippen LogP contribution in [0.4, 0.5) is 0 Å². The number of methoxy groups -OCH3 is 1. The van der Waals surface area contributed by atoms with Crippen molar-refractivity contribution >= 4 is 35.8 Å². The van der Waals surface area contributed by atoms with Crippen LogP contribution < -0.4 is 16.0 Å². The zero-order valence-electron chi connectivity index (χ0n) is 18.0. The van der Waals surface area contributed by atoms with Crippen LogP contribution in [0.5, 0.6) is 0 Å². The Morgan fingerprint density at radius 2 is 1.82 bits per heavy atom. The lowest BCUT2D eigenvalue weighted by atomic mass is 9.92. The SMILES string of the molecule is CCNC(=NCC(=O)NCCOC)NCC(C(CC)CC)N1CCOCC1.I. The van der Waals surface area contributed by atoms with Crippen LogP contribution in [0.3, 0.4) is 0 Å². The van der Waals surface area contributed by atoms with Gasteiger partial charge in [-0.2, -0.15) is 0 Å². The number of carbonyl (C=O) groups is 1. The van der Waals surface area contributed by atoms with E-state index in [0.717, 1.165) is 52.2 Å². The first-order valence-corrected chi connectivity index (χ1v) is 10.3. The van der Waals surface area contributed by atoms with Crippen LogP contribution in [0.15, 0.2) is 4.99 Å². The third kappa shape index (κ3) is 10.8. The van der Waals surface area contributed by atoms with Gasteiger partial charge in [-0.3, -0.25) is 9.69 Å². The number of halogens is 1. The topological polar surface area (TPSA) is 87.2 Å². The summed E-state index contributed by atoms with van der Waals surface area (Å²) in [6, 6.07) is 0.434. The highest BCUT2D eigenvalue weighted by atomic mass is 127. The highest BCUT2D eigenvalue weighted by molar-refractivity contribution is 14.0. The standard InChI is InChI=1S/C19H39N5O3.HI/c1-5-16(6-2)17(24-9-12-27-13-10-24)14-22-19(20-7-3)23-15-18(25)21-8-11-26-4;/h16-17H,5-15H2,1-4H3,(H,21,25)(H2,20,22,23);1H. The predicted octanol–water partition coefficient (Wildman–Crippen LogP) is 1.06. The fourth-order valence-electron chi connectivity index (χ4n) is 3.38. The molecule has 0 aliphatic carbocycles. The Balaban J connectivity index is 0.00000729. The molecule has 0 saturated carbocycles. The van der Waals surface area contributed by atoms with Crippen LogP contribution in [-0.2, 0) is 14.3 Å². The summed E-state index contributed by atoms with van der Waals surface area (Å²) >= 11 is 0. The van der Waals surface area contributed by atoms with Crippen molar-refractivity contribution in [1.82, 2.24) is 20.9 Å². The molecule has 9 heteroatoms. The number of nitrogens with one attached hydrogen (secondary N) is 3. The Morgan fingerprint density at radius 1 is 1.14 bits per heavy atom. The van der Waals surface area contributed by atoms with E-state index in [4.69, 9.17) is 9.47 Å². The highest BCUT2D eigenvalue weighted by Gasteiger charge is 2.27. The molecule has 0 aromatic carbocycles. The molecule has 0 radical (unpaired) electrons. The number of carbonyl (C=O) groups excluding carboxylic acids is 1. The molecule has 3 N–H and O–H groups in total. The summed E-state index contributed by atoms with van der Waals surface area (Å²) in [5.74, 6) is 1.20. The van der Waals surface area contributed by atoms with Crippen LogP contribution in [0, 0.1) is 5.92 Å². The average molecular weight is 513 g/mol. The molecule has 0 aromatic rings. The van der Waals surface area contributed by atoms with Crippen LogP contribution in [0.2, 0.25) is 0 Å². The van der Waals surface area contributed by atoms with Gasteiger partial charge in [0, 0.05) is 45.9 Å². The van der Waals surface area contributed by atoms with E-state index in [1.165, 1.54) is 0 Å². The molecule has 1 saturated heterocycles. The number of aliphatic imine (C=N–C) groups is 1. The second-order valence-corrected chi connectivity index (χ2v) is 6.71. The summed E-state index contributed by atoms with van der Waals surface area (Å²) in [4.78, 5) is 18.8. The summed E-state index contributed by atoms with van der Waals surface area (Å²) in [5, 5.41) is 9.46. The van der Waals surface area contributed by atoms with Gasteiger partial charge in [-0.25, -0.2) is 4.99 Å². The summed E-state index contributed by atoms with van der Waals surface area (Å²) in [6.07, 6.45) is 2.30. The van der Waals surface area contributed by atoms with Gasteiger partial charge in [0.25, 0.3) is 0 Å². The number of rotatable bonds is 12.